The number of nitrogen functional groups attached to an aromatic ring is 1. The first-order chi connectivity index (χ1) is 8.40. The summed E-state index contributed by atoms with van der Waals surface area (Å²) < 4.78 is 1.59. The van der Waals surface area contributed by atoms with Crippen molar-refractivity contribution < 1.29 is 4.79 Å². The molecule has 1 aliphatic heterocycles. The fourth-order valence-electron chi connectivity index (χ4n) is 2.91. The van der Waals surface area contributed by atoms with Crippen molar-refractivity contribution in [3.05, 3.63) is 11.4 Å². The van der Waals surface area contributed by atoms with Crippen LogP contribution in [0.4, 0.5) is 5.69 Å². The van der Waals surface area contributed by atoms with Crippen molar-refractivity contribution in [1.82, 2.24) is 14.7 Å². The minimum absolute atomic E-state index is 0.00833. The summed E-state index contributed by atoms with van der Waals surface area (Å²) in [6.45, 7) is 7.83. The average Bonchev–Trinajstić information content (AvgIpc) is 2.51. The fourth-order valence-corrected chi connectivity index (χ4v) is 2.91. The predicted molar refractivity (Wildman–Crippen MR) is 71.2 cm³/mol. The minimum atomic E-state index is 0.00833. The van der Waals surface area contributed by atoms with E-state index in [1.165, 1.54) is 6.42 Å². The zero-order chi connectivity index (χ0) is 13.4. The van der Waals surface area contributed by atoms with Gasteiger partial charge in [0.05, 0.1) is 11.4 Å². The van der Waals surface area contributed by atoms with Crippen LogP contribution in [0.1, 0.15) is 36.5 Å². The van der Waals surface area contributed by atoms with Crippen LogP contribution in [0.2, 0.25) is 0 Å². The summed E-state index contributed by atoms with van der Waals surface area (Å²) in [7, 11) is 1.77. The van der Waals surface area contributed by atoms with E-state index >= 15 is 0 Å². The highest BCUT2D eigenvalue weighted by Crippen LogP contribution is 2.24. The molecule has 1 amide bonds. The van der Waals surface area contributed by atoms with Gasteiger partial charge in [-0.1, -0.05) is 13.8 Å². The smallest absolute Gasteiger partial charge is 0.274 e. The molecule has 1 aromatic rings. The van der Waals surface area contributed by atoms with Gasteiger partial charge in [-0.3, -0.25) is 9.48 Å². The van der Waals surface area contributed by atoms with E-state index in [-0.39, 0.29) is 5.91 Å². The van der Waals surface area contributed by atoms with E-state index in [1.807, 2.05) is 11.8 Å². The maximum Gasteiger partial charge on any atom is 0.274 e. The number of carbonyl (C=O) groups is 1. The van der Waals surface area contributed by atoms with Gasteiger partial charge in [-0.2, -0.15) is 5.10 Å². The van der Waals surface area contributed by atoms with Gasteiger partial charge in [-0.15, -0.1) is 0 Å². The standard InChI is InChI=1S/C13H22N4O/c1-8-5-9(2)7-17(6-8)13(18)12-11(14)10(3)15-16(12)4/h8-9H,5-7,14H2,1-4H3. The number of aryl methyl sites for hydroxylation is 2. The van der Waals surface area contributed by atoms with E-state index in [4.69, 9.17) is 5.73 Å². The Morgan fingerprint density at radius 2 is 1.89 bits per heavy atom. The van der Waals surface area contributed by atoms with Gasteiger partial charge in [0.15, 0.2) is 0 Å². The Kier molecular flexibility index (Phi) is 3.32. The van der Waals surface area contributed by atoms with Crippen LogP contribution >= 0.6 is 0 Å². The van der Waals surface area contributed by atoms with Crippen molar-refractivity contribution in [3.63, 3.8) is 0 Å². The molecule has 2 N–H and O–H groups in total. The summed E-state index contributed by atoms with van der Waals surface area (Å²) in [5.41, 5.74) is 7.70. The molecule has 5 heteroatoms. The van der Waals surface area contributed by atoms with E-state index in [0.29, 0.717) is 23.2 Å². The number of hydrogen-bond acceptors (Lipinski definition) is 3. The summed E-state index contributed by atoms with van der Waals surface area (Å²) in [4.78, 5) is 14.4. The van der Waals surface area contributed by atoms with Gasteiger partial charge in [-0.25, -0.2) is 0 Å². The molecule has 18 heavy (non-hydrogen) atoms. The second kappa shape index (κ2) is 4.63. The fraction of sp³-hybridized carbons (Fsp3) is 0.692. The zero-order valence-electron chi connectivity index (χ0n) is 11.6. The molecule has 2 rings (SSSR count). The highest BCUT2D eigenvalue weighted by atomic mass is 16.2. The van der Waals surface area contributed by atoms with Crippen molar-refractivity contribution in [3.8, 4) is 0 Å². The van der Waals surface area contributed by atoms with Crippen molar-refractivity contribution in [2.45, 2.75) is 27.2 Å². The lowest BCUT2D eigenvalue weighted by Gasteiger charge is -2.35. The monoisotopic (exact) mass is 250 g/mol. The SMILES string of the molecule is Cc1nn(C)c(C(=O)N2CC(C)CC(C)C2)c1N. The molecule has 1 fully saturated rings. The lowest BCUT2D eigenvalue weighted by molar-refractivity contribution is 0.0613. The van der Waals surface area contributed by atoms with Gasteiger partial charge in [0.2, 0.25) is 0 Å². The van der Waals surface area contributed by atoms with Gasteiger partial charge < -0.3 is 10.6 Å². The molecule has 0 saturated carbocycles. The molecule has 2 heterocycles. The third-order valence-electron chi connectivity index (χ3n) is 3.63. The third kappa shape index (κ3) is 2.21. The number of amides is 1. The molecule has 0 radical (unpaired) electrons. The quantitative estimate of drug-likeness (QED) is 0.820. The number of piperidine rings is 1. The molecule has 0 spiro atoms. The lowest BCUT2D eigenvalue weighted by atomic mass is 9.91. The second-order valence-corrected chi connectivity index (χ2v) is 5.63. The number of aromatic nitrogens is 2. The summed E-state index contributed by atoms with van der Waals surface area (Å²) in [5.74, 6) is 1.11. The average molecular weight is 250 g/mol. The van der Waals surface area contributed by atoms with Crippen LogP contribution in [-0.4, -0.2) is 33.7 Å². The van der Waals surface area contributed by atoms with E-state index < -0.39 is 0 Å². The van der Waals surface area contributed by atoms with Gasteiger partial charge in [0.25, 0.3) is 5.91 Å². The summed E-state index contributed by atoms with van der Waals surface area (Å²) in [6, 6.07) is 0. The maximum absolute atomic E-state index is 12.5. The first-order valence-electron chi connectivity index (χ1n) is 6.48. The van der Waals surface area contributed by atoms with Gasteiger partial charge >= 0.3 is 0 Å². The largest absolute Gasteiger partial charge is 0.395 e. The van der Waals surface area contributed by atoms with Crippen LogP contribution < -0.4 is 5.73 Å². The molecular weight excluding hydrogens is 228 g/mol. The Hall–Kier alpha value is -1.52. The van der Waals surface area contributed by atoms with Crippen molar-refractivity contribution in [2.24, 2.45) is 18.9 Å². The van der Waals surface area contributed by atoms with Crippen LogP contribution in [0.5, 0.6) is 0 Å². The van der Waals surface area contributed by atoms with Crippen LogP contribution in [0, 0.1) is 18.8 Å². The topological polar surface area (TPSA) is 64.2 Å². The predicted octanol–water partition coefficient (Wildman–Crippen LogP) is 1.43. The number of nitrogens with zero attached hydrogens (tertiary/aromatic N) is 3. The molecule has 1 saturated heterocycles. The first kappa shape index (κ1) is 12.9. The molecule has 1 aromatic heterocycles. The minimum Gasteiger partial charge on any atom is -0.395 e. The summed E-state index contributed by atoms with van der Waals surface area (Å²) in [5, 5.41) is 4.21. The molecule has 1 aliphatic rings. The Morgan fingerprint density at radius 3 is 2.33 bits per heavy atom. The zero-order valence-corrected chi connectivity index (χ0v) is 11.6. The number of carbonyl (C=O) groups excluding carboxylic acids is 1. The molecule has 0 aromatic carbocycles. The summed E-state index contributed by atoms with van der Waals surface area (Å²) >= 11 is 0. The first-order valence-corrected chi connectivity index (χ1v) is 6.48. The van der Waals surface area contributed by atoms with Crippen molar-refractivity contribution in [1.29, 1.82) is 0 Å². The Balaban J connectivity index is 2.25. The van der Waals surface area contributed by atoms with Crippen LogP contribution in [0.25, 0.3) is 0 Å². The number of hydrogen-bond donors (Lipinski definition) is 1. The Bertz CT molecular complexity index is 456. The molecular formula is C13H22N4O. The lowest BCUT2D eigenvalue weighted by Crippen LogP contribution is -2.43. The van der Waals surface area contributed by atoms with E-state index in [2.05, 4.69) is 18.9 Å². The van der Waals surface area contributed by atoms with Gasteiger partial charge in [0, 0.05) is 20.1 Å². The highest BCUT2D eigenvalue weighted by Gasteiger charge is 2.29. The number of nitrogens with two attached hydrogens (primary N) is 1. The van der Waals surface area contributed by atoms with Crippen molar-refractivity contribution in [2.75, 3.05) is 18.8 Å². The third-order valence-corrected chi connectivity index (χ3v) is 3.63. The second-order valence-electron chi connectivity index (χ2n) is 5.63. The number of likely N-dealkylation sites (tertiary alicyclic amines) is 1. The molecule has 5 nitrogen and oxygen atoms in total. The van der Waals surface area contributed by atoms with Crippen LogP contribution in [0.15, 0.2) is 0 Å². The highest BCUT2D eigenvalue weighted by molar-refractivity contribution is 5.98. The summed E-state index contributed by atoms with van der Waals surface area (Å²) in [6.07, 6.45) is 1.18. The molecule has 100 valence electrons. The van der Waals surface area contributed by atoms with Gasteiger partial charge in [-0.05, 0) is 25.2 Å². The Morgan fingerprint density at radius 1 is 1.33 bits per heavy atom. The van der Waals surface area contributed by atoms with Crippen LogP contribution in [-0.2, 0) is 7.05 Å². The maximum atomic E-state index is 12.5. The van der Waals surface area contributed by atoms with E-state index in [9.17, 15) is 4.79 Å². The van der Waals surface area contributed by atoms with E-state index in [1.54, 1.807) is 11.7 Å². The number of anilines is 1. The van der Waals surface area contributed by atoms with Crippen molar-refractivity contribution >= 4 is 11.6 Å². The molecule has 2 atom stereocenters. The molecule has 0 bridgehead atoms. The normalized spacial score (nSPS) is 24.3. The molecule has 2 unspecified atom stereocenters. The Labute approximate surface area is 108 Å². The molecule has 0 aliphatic carbocycles. The van der Waals surface area contributed by atoms with Crippen LogP contribution in [0.3, 0.4) is 0 Å². The van der Waals surface area contributed by atoms with E-state index in [0.717, 1.165) is 18.8 Å². The number of rotatable bonds is 1. The van der Waals surface area contributed by atoms with Gasteiger partial charge in [0.1, 0.15) is 5.69 Å².